The lowest BCUT2D eigenvalue weighted by atomic mass is 10.2. The van der Waals surface area contributed by atoms with Gasteiger partial charge in [-0.1, -0.05) is 28.1 Å². The second-order valence-electron chi connectivity index (χ2n) is 4.09. The summed E-state index contributed by atoms with van der Waals surface area (Å²) in [6.45, 7) is 1.79. The minimum atomic E-state index is -0.415. The van der Waals surface area contributed by atoms with Crippen molar-refractivity contribution in [2.75, 3.05) is 0 Å². The topological polar surface area (TPSA) is 52.4 Å². The summed E-state index contributed by atoms with van der Waals surface area (Å²) in [4.78, 5) is 10.2. The second kappa shape index (κ2) is 5.84. The van der Waals surface area contributed by atoms with Crippen molar-refractivity contribution < 1.29 is 9.66 Å². The molecule has 19 heavy (non-hydrogen) atoms. The first-order chi connectivity index (χ1) is 9.10. The van der Waals surface area contributed by atoms with E-state index < -0.39 is 4.92 Å². The highest BCUT2D eigenvalue weighted by Crippen LogP contribution is 2.28. The highest BCUT2D eigenvalue weighted by molar-refractivity contribution is 9.08. The molecule has 0 unspecified atom stereocenters. The number of hydrogen-bond donors (Lipinski definition) is 0. The predicted molar refractivity (Wildman–Crippen MR) is 77.0 cm³/mol. The molecule has 0 fully saturated rings. The number of aryl methyl sites for hydroxylation is 1. The Morgan fingerprint density at radius 2 is 1.89 bits per heavy atom. The molecule has 0 saturated carbocycles. The lowest BCUT2D eigenvalue weighted by molar-refractivity contribution is -0.384. The summed E-state index contributed by atoms with van der Waals surface area (Å²) in [5.41, 5.74) is 1.96. The summed E-state index contributed by atoms with van der Waals surface area (Å²) in [6.07, 6.45) is 0. The fourth-order valence-corrected chi connectivity index (χ4v) is 2.01. The Bertz CT molecular complexity index is 596. The van der Waals surface area contributed by atoms with Crippen LogP contribution in [-0.4, -0.2) is 4.92 Å². The third kappa shape index (κ3) is 3.32. The van der Waals surface area contributed by atoms with Gasteiger partial charge in [-0.2, -0.15) is 0 Å². The number of nitro groups is 1. The minimum absolute atomic E-state index is 0.0690. The Labute approximate surface area is 119 Å². The molecule has 5 heteroatoms. The highest BCUT2D eigenvalue weighted by atomic mass is 79.9. The maximum Gasteiger partial charge on any atom is 0.269 e. The van der Waals surface area contributed by atoms with E-state index in [1.165, 1.54) is 12.1 Å². The van der Waals surface area contributed by atoms with Crippen molar-refractivity contribution in [1.29, 1.82) is 0 Å². The summed E-state index contributed by atoms with van der Waals surface area (Å²) < 4.78 is 5.71. The zero-order valence-electron chi connectivity index (χ0n) is 10.3. The van der Waals surface area contributed by atoms with Crippen LogP contribution in [0.3, 0.4) is 0 Å². The van der Waals surface area contributed by atoms with Crippen LogP contribution in [0.5, 0.6) is 11.5 Å². The molecule has 0 N–H and O–H groups in total. The Hall–Kier alpha value is -1.88. The van der Waals surface area contributed by atoms with E-state index in [2.05, 4.69) is 15.9 Å². The van der Waals surface area contributed by atoms with Gasteiger partial charge in [0.15, 0.2) is 0 Å². The Balaban J connectivity index is 2.20. The molecular weight excluding hydrogens is 310 g/mol. The lowest BCUT2D eigenvalue weighted by Gasteiger charge is -2.08. The summed E-state index contributed by atoms with van der Waals surface area (Å²) in [6, 6.07) is 12.2. The monoisotopic (exact) mass is 321 g/mol. The SMILES string of the molecule is Cc1cc([N+](=O)[O-])ccc1Oc1ccc(CBr)cc1. The number of hydrogen-bond acceptors (Lipinski definition) is 3. The molecule has 0 aliphatic rings. The van der Waals surface area contributed by atoms with E-state index in [0.717, 1.165) is 16.5 Å². The van der Waals surface area contributed by atoms with Crippen molar-refractivity contribution in [2.24, 2.45) is 0 Å². The average Bonchev–Trinajstić information content (AvgIpc) is 2.41. The number of benzene rings is 2. The summed E-state index contributed by atoms with van der Waals surface area (Å²) >= 11 is 3.38. The van der Waals surface area contributed by atoms with Crippen LogP contribution in [0.2, 0.25) is 0 Å². The zero-order valence-corrected chi connectivity index (χ0v) is 11.9. The van der Waals surface area contributed by atoms with Gasteiger partial charge in [0.25, 0.3) is 5.69 Å². The van der Waals surface area contributed by atoms with Gasteiger partial charge in [-0.25, -0.2) is 0 Å². The Kier molecular flexibility index (Phi) is 4.16. The van der Waals surface area contributed by atoms with Gasteiger partial charge in [0.1, 0.15) is 11.5 Å². The van der Waals surface area contributed by atoms with Gasteiger partial charge in [-0.3, -0.25) is 10.1 Å². The van der Waals surface area contributed by atoms with Crippen LogP contribution >= 0.6 is 15.9 Å². The normalized spacial score (nSPS) is 10.2. The lowest BCUT2D eigenvalue weighted by Crippen LogP contribution is -1.92. The van der Waals surface area contributed by atoms with E-state index in [0.29, 0.717) is 11.5 Å². The van der Waals surface area contributed by atoms with Gasteiger partial charge in [-0.05, 0) is 36.2 Å². The zero-order chi connectivity index (χ0) is 13.8. The molecule has 0 heterocycles. The summed E-state index contributed by atoms with van der Waals surface area (Å²) in [5, 5.41) is 11.4. The maximum absolute atomic E-state index is 10.7. The smallest absolute Gasteiger partial charge is 0.269 e. The Morgan fingerprint density at radius 3 is 2.42 bits per heavy atom. The molecule has 2 aromatic rings. The predicted octanol–water partition coefficient (Wildman–Crippen LogP) is 4.59. The Morgan fingerprint density at radius 1 is 1.21 bits per heavy atom. The third-order valence-electron chi connectivity index (χ3n) is 2.67. The third-order valence-corrected chi connectivity index (χ3v) is 3.32. The van der Waals surface area contributed by atoms with Gasteiger partial charge in [0, 0.05) is 17.5 Å². The molecule has 0 amide bonds. The van der Waals surface area contributed by atoms with E-state index in [4.69, 9.17) is 4.74 Å². The van der Waals surface area contributed by atoms with Crippen molar-refractivity contribution >= 4 is 21.6 Å². The molecule has 2 aromatic carbocycles. The number of nitrogens with zero attached hydrogens (tertiary/aromatic N) is 1. The number of halogens is 1. The van der Waals surface area contributed by atoms with Crippen molar-refractivity contribution in [3.63, 3.8) is 0 Å². The standard InChI is InChI=1S/C14H12BrNO3/c1-10-8-12(16(17)18)4-7-14(10)19-13-5-2-11(9-15)3-6-13/h2-8H,9H2,1H3. The van der Waals surface area contributed by atoms with E-state index in [1.54, 1.807) is 13.0 Å². The first-order valence-corrected chi connectivity index (χ1v) is 6.80. The second-order valence-corrected chi connectivity index (χ2v) is 4.65. The van der Waals surface area contributed by atoms with Crippen LogP contribution in [-0.2, 0) is 5.33 Å². The number of ether oxygens (including phenoxy) is 1. The van der Waals surface area contributed by atoms with Crippen LogP contribution < -0.4 is 4.74 Å². The molecule has 0 aromatic heterocycles. The molecule has 0 radical (unpaired) electrons. The van der Waals surface area contributed by atoms with Crippen molar-refractivity contribution in [1.82, 2.24) is 0 Å². The van der Waals surface area contributed by atoms with E-state index >= 15 is 0 Å². The van der Waals surface area contributed by atoms with Gasteiger partial charge >= 0.3 is 0 Å². The molecule has 0 bridgehead atoms. The average molecular weight is 322 g/mol. The van der Waals surface area contributed by atoms with E-state index in [-0.39, 0.29) is 5.69 Å². The van der Waals surface area contributed by atoms with Gasteiger partial charge in [0.2, 0.25) is 0 Å². The number of nitro benzene ring substituents is 1. The molecule has 0 spiro atoms. The number of rotatable bonds is 4. The van der Waals surface area contributed by atoms with Crippen molar-refractivity contribution in [2.45, 2.75) is 12.3 Å². The van der Waals surface area contributed by atoms with Crippen LogP contribution in [0.25, 0.3) is 0 Å². The van der Waals surface area contributed by atoms with Crippen molar-refractivity contribution in [3.05, 3.63) is 63.7 Å². The fourth-order valence-electron chi connectivity index (χ4n) is 1.64. The first kappa shape index (κ1) is 13.5. The van der Waals surface area contributed by atoms with Crippen LogP contribution in [0.4, 0.5) is 5.69 Å². The largest absolute Gasteiger partial charge is 0.457 e. The van der Waals surface area contributed by atoms with Crippen LogP contribution in [0.15, 0.2) is 42.5 Å². The molecule has 0 aliphatic carbocycles. The molecule has 0 saturated heterocycles. The quantitative estimate of drug-likeness (QED) is 0.470. The van der Waals surface area contributed by atoms with E-state index in [1.807, 2.05) is 24.3 Å². The highest BCUT2D eigenvalue weighted by Gasteiger charge is 2.09. The maximum atomic E-state index is 10.7. The minimum Gasteiger partial charge on any atom is -0.457 e. The molecule has 0 atom stereocenters. The molecule has 2 rings (SSSR count). The van der Waals surface area contributed by atoms with E-state index in [9.17, 15) is 10.1 Å². The number of alkyl halides is 1. The summed E-state index contributed by atoms with van der Waals surface area (Å²) in [5.74, 6) is 1.33. The molecular formula is C14H12BrNO3. The molecule has 98 valence electrons. The van der Waals surface area contributed by atoms with Crippen molar-refractivity contribution in [3.8, 4) is 11.5 Å². The van der Waals surface area contributed by atoms with Crippen LogP contribution in [0, 0.1) is 17.0 Å². The fraction of sp³-hybridized carbons (Fsp3) is 0.143. The van der Waals surface area contributed by atoms with Gasteiger partial charge in [0.05, 0.1) is 4.92 Å². The summed E-state index contributed by atoms with van der Waals surface area (Å²) in [7, 11) is 0. The number of non-ortho nitro benzene ring substituents is 1. The molecule has 4 nitrogen and oxygen atoms in total. The van der Waals surface area contributed by atoms with Gasteiger partial charge < -0.3 is 4.74 Å². The van der Waals surface area contributed by atoms with Crippen LogP contribution in [0.1, 0.15) is 11.1 Å². The molecule has 0 aliphatic heterocycles. The first-order valence-electron chi connectivity index (χ1n) is 5.68. The van der Waals surface area contributed by atoms with Gasteiger partial charge in [-0.15, -0.1) is 0 Å².